The summed E-state index contributed by atoms with van der Waals surface area (Å²) in [5.41, 5.74) is 2.24. The summed E-state index contributed by atoms with van der Waals surface area (Å²) in [4.78, 5) is 6.53. The van der Waals surface area contributed by atoms with E-state index in [0.29, 0.717) is 12.7 Å². The SMILES string of the molecule is Cc1cc(CN2CC[C@H]3OCCC[C@]3(COCc3ccncc3)C2)no1. The van der Waals surface area contributed by atoms with Crippen LogP contribution in [0.25, 0.3) is 0 Å². The van der Waals surface area contributed by atoms with Crippen molar-refractivity contribution in [2.45, 2.75) is 45.4 Å². The third-order valence-corrected chi connectivity index (χ3v) is 5.54. The van der Waals surface area contributed by atoms with Crippen LogP contribution in [0.5, 0.6) is 0 Å². The number of nitrogens with zero attached hydrogens (tertiary/aromatic N) is 3. The predicted molar refractivity (Wildman–Crippen MR) is 96.4 cm³/mol. The van der Waals surface area contributed by atoms with Crippen LogP contribution in [-0.2, 0) is 22.6 Å². The second-order valence-electron chi connectivity index (χ2n) is 7.60. The molecule has 0 spiro atoms. The summed E-state index contributed by atoms with van der Waals surface area (Å²) in [5, 5.41) is 4.15. The first-order valence-electron chi connectivity index (χ1n) is 9.46. The lowest BCUT2D eigenvalue weighted by molar-refractivity contribution is -0.156. The largest absolute Gasteiger partial charge is 0.377 e. The van der Waals surface area contributed by atoms with Crippen molar-refractivity contribution in [2.24, 2.45) is 5.41 Å². The van der Waals surface area contributed by atoms with E-state index in [0.717, 1.165) is 69.1 Å². The van der Waals surface area contributed by atoms with Crippen molar-refractivity contribution in [3.8, 4) is 0 Å². The van der Waals surface area contributed by atoms with E-state index in [1.54, 1.807) is 0 Å². The van der Waals surface area contributed by atoms with E-state index in [9.17, 15) is 0 Å². The van der Waals surface area contributed by atoms with E-state index in [1.165, 1.54) is 0 Å². The van der Waals surface area contributed by atoms with Gasteiger partial charge in [-0.05, 0) is 43.9 Å². The number of hydrogen-bond donors (Lipinski definition) is 0. The molecule has 0 saturated carbocycles. The van der Waals surface area contributed by atoms with Crippen LogP contribution < -0.4 is 0 Å². The Kier molecular flexibility index (Phi) is 5.33. The minimum absolute atomic E-state index is 0.0717. The number of fused-ring (bicyclic) bond motifs is 1. The zero-order valence-electron chi connectivity index (χ0n) is 15.4. The first-order valence-corrected chi connectivity index (χ1v) is 9.46. The van der Waals surface area contributed by atoms with Crippen molar-refractivity contribution >= 4 is 0 Å². The Labute approximate surface area is 154 Å². The number of rotatable bonds is 6. The minimum Gasteiger partial charge on any atom is -0.377 e. The Hall–Kier alpha value is -1.76. The summed E-state index contributed by atoms with van der Waals surface area (Å²) in [6.45, 7) is 7.01. The Morgan fingerprint density at radius 2 is 2.23 bits per heavy atom. The number of likely N-dealkylation sites (tertiary alicyclic amines) is 1. The van der Waals surface area contributed by atoms with Crippen LogP contribution in [0.2, 0.25) is 0 Å². The lowest BCUT2D eigenvalue weighted by Crippen LogP contribution is -2.56. The molecule has 0 radical (unpaired) electrons. The molecular weight excluding hydrogens is 330 g/mol. The maximum atomic E-state index is 6.15. The highest BCUT2D eigenvalue weighted by atomic mass is 16.5. The maximum Gasteiger partial charge on any atom is 0.133 e. The second-order valence-corrected chi connectivity index (χ2v) is 7.60. The first kappa shape index (κ1) is 17.6. The quantitative estimate of drug-likeness (QED) is 0.792. The fraction of sp³-hybridized carbons (Fsp3) is 0.600. The normalized spacial score (nSPS) is 26.6. The second kappa shape index (κ2) is 7.86. The number of pyridine rings is 1. The van der Waals surface area contributed by atoms with Crippen molar-refractivity contribution in [3.05, 3.63) is 47.6 Å². The Morgan fingerprint density at radius 3 is 3.04 bits per heavy atom. The van der Waals surface area contributed by atoms with Crippen LogP contribution in [0.1, 0.15) is 36.3 Å². The molecule has 4 heterocycles. The zero-order chi connectivity index (χ0) is 17.8. The third-order valence-electron chi connectivity index (χ3n) is 5.54. The van der Waals surface area contributed by atoms with Gasteiger partial charge in [0.15, 0.2) is 0 Å². The Bertz CT molecular complexity index is 705. The fourth-order valence-corrected chi connectivity index (χ4v) is 4.30. The van der Waals surface area contributed by atoms with Crippen LogP contribution in [0.15, 0.2) is 35.1 Å². The number of aryl methyl sites for hydroxylation is 1. The van der Waals surface area contributed by atoms with Gasteiger partial charge in [0, 0.05) is 50.1 Å². The number of ether oxygens (including phenoxy) is 2. The Balaban J connectivity index is 1.40. The molecule has 2 atom stereocenters. The standard InChI is InChI=1S/C20H27N3O3/c1-16-11-18(22-26-16)12-23-9-5-19-20(14-23,6-2-10-25-19)15-24-13-17-3-7-21-8-4-17/h3-4,7-8,11,19H,2,5-6,9-10,12-15H2,1H3/t19-,20-/m1/s1. The van der Waals surface area contributed by atoms with E-state index in [1.807, 2.05) is 37.5 Å². The number of piperidine rings is 1. The van der Waals surface area contributed by atoms with E-state index < -0.39 is 0 Å². The molecule has 0 bridgehead atoms. The zero-order valence-corrected chi connectivity index (χ0v) is 15.4. The molecule has 6 heteroatoms. The van der Waals surface area contributed by atoms with Gasteiger partial charge in [-0.15, -0.1) is 0 Å². The van der Waals surface area contributed by atoms with Crippen LogP contribution in [0, 0.1) is 12.3 Å². The monoisotopic (exact) mass is 357 g/mol. The first-order chi connectivity index (χ1) is 12.7. The molecular formula is C20H27N3O3. The molecule has 2 saturated heterocycles. The van der Waals surface area contributed by atoms with E-state index in [2.05, 4.69) is 15.0 Å². The third kappa shape index (κ3) is 3.98. The van der Waals surface area contributed by atoms with Crippen molar-refractivity contribution in [1.29, 1.82) is 0 Å². The molecule has 26 heavy (non-hydrogen) atoms. The van der Waals surface area contributed by atoms with E-state index >= 15 is 0 Å². The van der Waals surface area contributed by atoms with Gasteiger partial charge >= 0.3 is 0 Å². The molecule has 2 aromatic rings. The maximum absolute atomic E-state index is 6.15. The Morgan fingerprint density at radius 1 is 1.35 bits per heavy atom. The van der Waals surface area contributed by atoms with Crippen molar-refractivity contribution in [3.63, 3.8) is 0 Å². The highest BCUT2D eigenvalue weighted by molar-refractivity contribution is 5.08. The van der Waals surface area contributed by atoms with Crippen LogP contribution >= 0.6 is 0 Å². The summed E-state index contributed by atoms with van der Waals surface area (Å²) >= 11 is 0. The van der Waals surface area contributed by atoms with Gasteiger partial charge in [0.25, 0.3) is 0 Å². The molecule has 140 valence electrons. The average Bonchev–Trinajstić information content (AvgIpc) is 3.07. The van der Waals surface area contributed by atoms with Gasteiger partial charge in [0.1, 0.15) is 5.76 Å². The van der Waals surface area contributed by atoms with Gasteiger partial charge in [-0.3, -0.25) is 9.88 Å². The van der Waals surface area contributed by atoms with Gasteiger partial charge in [-0.25, -0.2) is 0 Å². The molecule has 0 aromatic carbocycles. The van der Waals surface area contributed by atoms with E-state index in [-0.39, 0.29) is 5.41 Å². The van der Waals surface area contributed by atoms with Crippen molar-refractivity contribution in [2.75, 3.05) is 26.3 Å². The lowest BCUT2D eigenvalue weighted by atomic mass is 9.73. The van der Waals surface area contributed by atoms with E-state index in [4.69, 9.17) is 14.0 Å². The molecule has 4 rings (SSSR count). The van der Waals surface area contributed by atoms with Crippen LogP contribution in [0.3, 0.4) is 0 Å². The molecule has 0 amide bonds. The summed E-state index contributed by atoms with van der Waals surface area (Å²) < 4.78 is 17.5. The molecule has 0 N–H and O–H groups in total. The van der Waals surface area contributed by atoms with Crippen LogP contribution in [-0.4, -0.2) is 47.4 Å². The fourth-order valence-electron chi connectivity index (χ4n) is 4.30. The molecule has 2 aliphatic rings. The molecule has 2 fully saturated rings. The van der Waals surface area contributed by atoms with Gasteiger partial charge < -0.3 is 14.0 Å². The topological polar surface area (TPSA) is 60.6 Å². The van der Waals surface area contributed by atoms with Crippen molar-refractivity contribution < 1.29 is 14.0 Å². The smallest absolute Gasteiger partial charge is 0.133 e. The number of hydrogen-bond acceptors (Lipinski definition) is 6. The minimum atomic E-state index is 0.0717. The number of aromatic nitrogens is 2. The molecule has 0 aliphatic carbocycles. The van der Waals surface area contributed by atoms with Gasteiger partial charge in [0.05, 0.1) is 25.0 Å². The summed E-state index contributed by atoms with van der Waals surface area (Å²) in [7, 11) is 0. The van der Waals surface area contributed by atoms with Gasteiger partial charge in [-0.2, -0.15) is 0 Å². The highest BCUT2D eigenvalue weighted by Crippen LogP contribution is 2.41. The van der Waals surface area contributed by atoms with Crippen molar-refractivity contribution in [1.82, 2.24) is 15.0 Å². The van der Waals surface area contributed by atoms with Gasteiger partial charge in [0.2, 0.25) is 0 Å². The molecule has 2 aliphatic heterocycles. The predicted octanol–water partition coefficient (Wildman–Crippen LogP) is 2.97. The lowest BCUT2D eigenvalue weighted by Gasteiger charge is -2.50. The van der Waals surface area contributed by atoms with Gasteiger partial charge in [-0.1, -0.05) is 5.16 Å². The highest BCUT2D eigenvalue weighted by Gasteiger charge is 2.46. The summed E-state index contributed by atoms with van der Waals surface area (Å²) in [6, 6.07) is 6.04. The molecule has 6 nitrogen and oxygen atoms in total. The molecule has 2 aromatic heterocycles. The average molecular weight is 357 g/mol. The molecule has 0 unspecified atom stereocenters. The summed E-state index contributed by atoms with van der Waals surface area (Å²) in [6.07, 6.45) is 7.23. The summed E-state index contributed by atoms with van der Waals surface area (Å²) in [5.74, 6) is 0.867. The van der Waals surface area contributed by atoms with Crippen LogP contribution in [0.4, 0.5) is 0 Å².